The molecule has 0 spiro atoms. The summed E-state index contributed by atoms with van der Waals surface area (Å²) < 4.78 is 6.72. The van der Waals surface area contributed by atoms with E-state index >= 15 is 0 Å². The molecule has 1 amide bonds. The monoisotopic (exact) mass is 478 g/mol. The van der Waals surface area contributed by atoms with Crippen LogP contribution >= 0.6 is 34.5 Å². The van der Waals surface area contributed by atoms with Crippen molar-refractivity contribution in [2.24, 2.45) is 5.10 Å². The van der Waals surface area contributed by atoms with Crippen molar-refractivity contribution in [2.75, 3.05) is 10.7 Å². The van der Waals surface area contributed by atoms with Crippen molar-refractivity contribution in [3.8, 4) is 5.75 Å². The number of thiazole rings is 1. The zero-order valence-electron chi connectivity index (χ0n) is 18.0. The molecule has 0 aliphatic rings. The van der Waals surface area contributed by atoms with Crippen LogP contribution in [0.15, 0.2) is 29.4 Å². The van der Waals surface area contributed by atoms with Crippen molar-refractivity contribution in [1.29, 1.82) is 0 Å². The molecule has 0 unspecified atom stereocenters. The van der Waals surface area contributed by atoms with E-state index in [4.69, 9.17) is 27.9 Å². The zero-order chi connectivity index (χ0) is 22.7. The topological polar surface area (TPSA) is 75.6 Å². The lowest BCUT2D eigenvalue weighted by atomic mass is 10.1. The highest BCUT2D eigenvalue weighted by Gasteiger charge is 2.20. The number of hydrazone groups is 1. The molecule has 1 atom stereocenters. The van der Waals surface area contributed by atoms with E-state index < -0.39 is 6.10 Å². The summed E-state index contributed by atoms with van der Waals surface area (Å²) in [7, 11) is 0. The highest BCUT2D eigenvalue weighted by molar-refractivity contribution is 7.22. The number of anilines is 2. The summed E-state index contributed by atoms with van der Waals surface area (Å²) in [6, 6.07) is 6.84. The zero-order valence-corrected chi connectivity index (χ0v) is 20.3. The van der Waals surface area contributed by atoms with E-state index in [1.165, 1.54) is 11.3 Å². The molecule has 0 radical (unpaired) electrons. The van der Waals surface area contributed by atoms with Gasteiger partial charge in [0.2, 0.25) is 5.13 Å². The predicted octanol–water partition coefficient (Wildman–Crippen LogP) is 6.82. The maximum atomic E-state index is 12.8. The third-order valence-electron chi connectivity index (χ3n) is 4.79. The highest BCUT2D eigenvalue weighted by Crippen LogP contribution is 2.35. The molecule has 2 aromatic carbocycles. The molecule has 0 aliphatic carbocycles. The number of amides is 1. The van der Waals surface area contributed by atoms with Gasteiger partial charge in [-0.05, 0) is 69.5 Å². The van der Waals surface area contributed by atoms with Gasteiger partial charge in [-0.1, -0.05) is 41.5 Å². The number of benzene rings is 2. The molecule has 164 valence electrons. The van der Waals surface area contributed by atoms with Crippen LogP contribution in [0.4, 0.5) is 10.8 Å². The number of aromatic nitrogens is 1. The molecule has 9 heteroatoms. The molecule has 1 heterocycles. The lowest BCUT2D eigenvalue weighted by Crippen LogP contribution is -2.30. The van der Waals surface area contributed by atoms with Crippen molar-refractivity contribution in [1.82, 2.24) is 4.98 Å². The van der Waals surface area contributed by atoms with Crippen LogP contribution in [0.3, 0.4) is 0 Å². The smallest absolute Gasteiger partial charge is 0.265 e. The Hall–Kier alpha value is -2.35. The van der Waals surface area contributed by atoms with Gasteiger partial charge in [0.1, 0.15) is 5.75 Å². The summed E-state index contributed by atoms with van der Waals surface area (Å²) in [5, 5.41) is 8.87. The molecule has 0 bridgehead atoms. The maximum Gasteiger partial charge on any atom is 0.265 e. The Labute approximate surface area is 195 Å². The standard InChI is InChI=1S/C22H24Cl2N4O2S/c1-6-12(3)27-28-22-25-17-9-11(2)19(13(4)20(17)31-22)26-21(29)14(5)30-18-8-7-15(23)10-16(18)24/h7-10,14H,6H2,1-5H3,(H,25,28)(H,26,29)/b27-12+/t14-/m0/s1. The molecule has 6 nitrogen and oxygen atoms in total. The van der Waals surface area contributed by atoms with E-state index in [9.17, 15) is 4.79 Å². The van der Waals surface area contributed by atoms with Crippen molar-refractivity contribution in [3.05, 3.63) is 45.4 Å². The minimum atomic E-state index is -0.752. The second kappa shape index (κ2) is 9.85. The molecule has 31 heavy (non-hydrogen) atoms. The van der Waals surface area contributed by atoms with Gasteiger partial charge in [0.05, 0.1) is 15.2 Å². The lowest BCUT2D eigenvalue weighted by Gasteiger charge is -2.18. The highest BCUT2D eigenvalue weighted by atomic mass is 35.5. The number of carbonyl (C=O) groups excluding carboxylic acids is 1. The quantitative estimate of drug-likeness (QED) is 0.288. The summed E-state index contributed by atoms with van der Waals surface area (Å²) in [5.41, 5.74) is 7.48. The van der Waals surface area contributed by atoms with E-state index in [0.717, 1.165) is 39.2 Å². The fourth-order valence-electron chi connectivity index (χ4n) is 2.89. The maximum absolute atomic E-state index is 12.8. The van der Waals surface area contributed by atoms with E-state index in [1.54, 1.807) is 25.1 Å². The van der Waals surface area contributed by atoms with Gasteiger partial charge in [-0.25, -0.2) is 4.98 Å². The number of halogens is 2. The summed E-state index contributed by atoms with van der Waals surface area (Å²) >= 11 is 13.6. The van der Waals surface area contributed by atoms with Crippen LogP contribution in [-0.4, -0.2) is 22.7 Å². The van der Waals surface area contributed by atoms with Gasteiger partial charge in [0.25, 0.3) is 5.91 Å². The third kappa shape index (κ3) is 5.47. The number of rotatable bonds is 7. The second-order valence-electron chi connectivity index (χ2n) is 7.20. The molecular weight excluding hydrogens is 455 g/mol. The summed E-state index contributed by atoms with van der Waals surface area (Å²) in [6.07, 6.45) is 0.117. The third-order valence-corrected chi connectivity index (χ3v) is 6.41. The van der Waals surface area contributed by atoms with E-state index in [-0.39, 0.29) is 5.91 Å². The Morgan fingerprint density at radius 3 is 2.71 bits per heavy atom. The van der Waals surface area contributed by atoms with Gasteiger partial charge in [-0.3, -0.25) is 10.2 Å². The summed E-state index contributed by atoms with van der Waals surface area (Å²) in [4.78, 5) is 17.4. The number of aryl methyl sites for hydroxylation is 2. The van der Waals surface area contributed by atoms with Crippen molar-refractivity contribution in [3.63, 3.8) is 0 Å². The number of fused-ring (bicyclic) bond motifs is 1. The minimum absolute atomic E-state index is 0.275. The van der Waals surface area contributed by atoms with Crippen LogP contribution in [0.1, 0.15) is 38.3 Å². The first kappa shape index (κ1) is 23.3. The van der Waals surface area contributed by atoms with Gasteiger partial charge in [-0.15, -0.1) is 0 Å². The molecule has 0 saturated heterocycles. The largest absolute Gasteiger partial charge is 0.479 e. The van der Waals surface area contributed by atoms with Gasteiger partial charge in [0, 0.05) is 16.4 Å². The van der Waals surface area contributed by atoms with E-state index in [1.807, 2.05) is 33.8 Å². The average Bonchev–Trinajstić information content (AvgIpc) is 3.14. The van der Waals surface area contributed by atoms with Crippen LogP contribution < -0.4 is 15.5 Å². The van der Waals surface area contributed by atoms with Gasteiger partial charge in [0.15, 0.2) is 6.10 Å². The summed E-state index contributed by atoms with van der Waals surface area (Å²) in [6.45, 7) is 9.59. The van der Waals surface area contributed by atoms with Crippen molar-refractivity contribution < 1.29 is 9.53 Å². The molecular formula is C22H24Cl2N4O2S. The van der Waals surface area contributed by atoms with Crippen LogP contribution in [0.25, 0.3) is 10.2 Å². The van der Waals surface area contributed by atoms with Crippen LogP contribution in [-0.2, 0) is 4.79 Å². The molecule has 0 saturated carbocycles. The first-order valence-corrected chi connectivity index (χ1v) is 11.4. The second-order valence-corrected chi connectivity index (χ2v) is 9.04. The molecule has 3 rings (SSSR count). The fourth-order valence-corrected chi connectivity index (χ4v) is 4.23. The lowest BCUT2D eigenvalue weighted by molar-refractivity contribution is -0.122. The molecule has 0 fully saturated rings. The van der Waals surface area contributed by atoms with E-state index in [0.29, 0.717) is 20.9 Å². The Balaban J connectivity index is 1.80. The number of carbonyl (C=O) groups is 1. The number of nitrogens with one attached hydrogen (secondary N) is 2. The minimum Gasteiger partial charge on any atom is -0.479 e. The number of hydrogen-bond acceptors (Lipinski definition) is 6. The predicted molar refractivity (Wildman–Crippen MR) is 131 cm³/mol. The van der Waals surface area contributed by atoms with Crippen molar-refractivity contribution in [2.45, 2.75) is 47.1 Å². The number of hydrogen-bond donors (Lipinski definition) is 2. The van der Waals surface area contributed by atoms with Gasteiger partial charge < -0.3 is 10.1 Å². The summed E-state index contributed by atoms with van der Waals surface area (Å²) in [5.74, 6) is 0.126. The average molecular weight is 479 g/mol. The molecule has 2 N–H and O–H groups in total. The van der Waals surface area contributed by atoms with Crippen LogP contribution in [0, 0.1) is 13.8 Å². The Kier molecular flexibility index (Phi) is 7.41. The first-order chi connectivity index (χ1) is 14.7. The SMILES string of the molecule is CC/C(C)=N/Nc1nc2cc(C)c(NC(=O)[C@H](C)Oc3ccc(Cl)cc3Cl)c(C)c2s1. The van der Waals surface area contributed by atoms with Crippen LogP contribution in [0.5, 0.6) is 5.75 Å². The van der Waals surface area contributed by atoms with Gasteiger partial charge in [-0.2, -0.15) is 5.10 Å². The Bertz CT molecular complexity index is 1160. The molecule has 3 aromatic rings. The first-order valence-electron chi connectivity index (χ1n) is 9.82. The van der Waals surface area contributed by atoms with Crippen molar-refractivity contribution >= 4 is 67.2 Å². The van der Waals surface area contributed by atoms with E-state index in [2.05, 4.69) is 20.8 Å². The van der Waals surface area contributed by atoms with Gasteiger partial charge >= 0.3 is 0 Å². The normalized spacial score (nSPS) is 12.7. The Morgan fingerprint density at radius 1 is 1.29 bits per heavy atom. The number of ether oxygens (including phenoxy) is 1. The molecule has 1 aromatic heterocycles. The Morgan fingerprint density at radius 2 is 2.03 bits per heavy atom. The van der Waals surface area contributed by atoms with Crippen LogP contribution in [0.2, 0.25) is 10.0 Å². The number of nitrogens with zero attached hydrogens (tertiary/aromatic N) is 2. The molecule has 0 aliphatic heterocycles. The fraction of sp³-hybridized carbons (Fsp3) is 0.318.